The van der Waals surface area contributed by atoms with Crippen molar-refractivity contribution < 1.29 is 15.0 Å². The van der Waals surface area contributed by atoms with Crippen molar-refractivity contribution in [3.63, 3.8) is 0 Å². The van der Waals surface area contributed by atoms with Gasteiger partial charge in [-0.2, -0.15) is 0 Å². The Hall–Kier alpha value is -2.19. The summed E-state index contributed by atoms with van der Waals surface area (Å²) < 4.78 is 0. The third-order valence-corrected chi connectivity index (χ3v) is 2.06. The summed E-state index contributed by atoms with van der Waals surface area (Å²) in [6.07, 6.45) is 0.328. The molecule has 8 heteroatoms. The Bertz CT molecular complexity index is 449. The normalized spacial score (nSPS) is 11.9. The molecule has 0 saturated heterocycles. The van der Waals surface area contributed by atoms with Gasteiger partial charge in [-0.15, -0.1) is 0 Å². The highest BCUT2D eigenvalue weighted by atomic mass is 16.3. The minimum Gasteiger partial charge on any atom is -0.505 e. The first-order valence-electron chi connectivity index (χ1n) is 4.64. The number of aldehydes is 1. The van der Waals surface area contributed by atoms with E-state index in [4.69, 9.17) is 11.1 Å². The van der Waals surface area contributed by atoms with Gasteiger partial charge in [0.05, 0.1) is 11.3 Å². The maximum absolute atomic E-state index is 10.8. The van der Waals surface area contributed by atoms with E-state index in [0.29, 0.717) is 6.29 Å². The molecule has 1 rings (SSSR count). The number of rotatable bonds is 4. The largest absolute Gasteiger partial charge is 0.505 e. The molecule has 0 saturated carbocycles. The molecular formula is C9H13N5O3. The van der Waals surface area contributed by atoms with Crippen LogP contribution in [-0.4, -0.2) is 27.4 Å². The van der Waals surface area contributed by atoms with Gasteiger partial charge in [0.25, 0.3) is 0 Å². The van der Waals surface area contributed by atoms with Crippen LogP contribution < -0.4 is 16.6 Å². The maximum atomic E-state index is 10.8. The van der Waals surface area contributed by atoms with Gasteiger partial charge in [-0.05, 0) is 6.92 Å². The summed E-state index contributed by atoms with van der Waals surface area (Å²) in [5.41, 5.74) is 9.73. The molecule has 0 aliphatic carbocycles. The predicted octanol–water partition coefficient (Wildman–Crippen LogP) is -1.11. The van der Waals surface area contributed by atoms with Gasteiger partial charge < -0.3 is 15.9 Å². The van der Waals surface area contributed by atoms with Crippen molar-refractivity contribution in [1.29, 1.82) is 5.41 Å². The van der Waals surface area contributed by atoms with Gasteiger partial charge in [-0.3, -0.25) is 20.6 Å². The fourth-order valence-corrected chi connectivity index (χ4v) is 1.19. The minimum absolute atomic E-state index is 0.0668. The summed E-state index contributed by atoms with van der Waals surface area (Å²) >= 11 is 0. The second-order valence-electron chi connectivity index (χ2n) is 3.26. The van der Waals surface area contributed by atoms with Crippen molar-refractivity contribution in [2.45, 2.75) is 13.2 Å². The smallest absolute Gasteiger partial charge is 0.200 e. The Morgan fingerprint density at radius 2 is 2.35 bits per heavy atom. The molecular weight excluding hydrogens is 226 g/mol. The van der Waals surface area contributed by atoms with Crippen molar-refractivity contribution in [1.82, 2.24) is 15.8 Å². The number of nitrogens with one attached hydrogen (secondary N) is 3. The van der Waals surface area contributed by atoms with E-state index in [9.17, 15) is 15.0 Å². The number of nitrogens with two attached hydrogens (primary N) is 1. The molecule has 92 valence electrons. The number of hydrazine groups is 1. The van der Waals surface area contributed by atoms with Gasteiger partial charge in [0.1, 0.15) is 12.0 Å². The molecule has 1 aromatic heterocycles. The van der Waals surface area contributed by atoms with Gasteiger partial charge in [-0.1, -0.05) is 0 Å². The second kappa shape index (κ2) is 5.23. The summed E-state index contributed by atoms with van der Waals surface area (Å²) in [5.74, 6) is -0.692. The number of aromatic nitrogens is 1. The van der Waals surface area contributed by atoms with Crippen LogP contribution in [0.5, 0.6) is 5.75 Å². The van der Waals surface area contributed by atoms with Gasteiger partial charge in [0.15, 0.2) is 12.2 Å². The Morgan fingerprint density at radius 1 is 1.71 bits per heavy atom. The van der Waals surface area contributed by atoms with Crippen LogP contribution >= 0.6 is 0 Å². The fourth-order valence-electron chi connectivity index (χ4n) is 1.19. The van der Waals surface area contributed by atoms with Crippen molar-refractivity contribution >= 4 is 12.2 Å². The number of hydrogen-bond donors (Lipinski definition) is 6. The zero-order valence-electron chi connectivity index (χ0n) is 9.06. The molecule has 1 aromatic rings. The van der Waals surface area contributed by atoms with E-state index >= 15 is 0 Å². The minimum atomic E-state index is -1.34. The van der Waals surface area contributed by atoms with E-state index in [2.05, 4.69) is 15.8 Å². The third kappa shape index (κ3) is 2.89. The molecule has 1 atom stereocenters. The van der Waals surface area contributed by atoms with Crippen LogP contribution in [0.4, 0.5) is 0 Å². The quantitative estimate of drug-likeness (QED) is 0.128. The van der Waals surface area contributed by atoms with E-state index in [1.165, 1.54) is 13.1 Å². The molecule has 0 fully saturated rings. The average Bonchev–Trinajstić information content (AvgIpc) is 2.29. The van der Waals surface area contributed by atoms with E-state index in [0.717, 1.165) is 0 Å². The number of guanidine groups is 1. The predicted molar refractivity (Wildman–Crippen MR) is 59.2 cm³/mol. The van der Waals surface area contributed by atoms with Crippen molar-refractivity contribution in [3.8, 4) is 5.75 Å². The Balaban J connectivity index is 3.01. The van der Waals surface area contributed by atoms with Crippen molar-refractivity contribution in [3.05, 3.63) is 23.0 Å². The third-order valence-electron chi connectivity index (χ3n) is 2.06. The zero-order chi connectivity index (χ0) is 13.0. The first-order valence-corrected chi connectivity index (χ1v) is 4.64. The van der Waals surface area contributed by atoms with Crippen molar-refractivity contribution in [2.24, 2.45) is 5.73 Å². The summed E-state index contributed by atoms with van der Waals surface area (Å²) in [5, 5.41) is 26.1. The number of carbonyl (C=O) groups excluding carboxylic acids is 1. The lowest BCUT2D eigenvalue weighted by Gasteiger charge is -2.16. The SMILES string of the molecule is Cc1ncc(C(O)NNC(=N)N)c(C=O)c1O. The Kier molecular flexibility index (Phi) is 3.96. The number of hydrogen-bond acceptors (Lipinski definition) is 6. The standard InChI is InChI=1S/C9H13N5O3/c1-4-7(16)6(3-15)5(2-12-4)8(17)13-14-9(10)11/h2-3,8,13,16-17H,1H3,(H4,10,11,14). The summed E-state index contributed by atoms with van der Waals surface area (Å²) in [7, 11) is 0. The van der Waals surface area contributed by atoms with Crippen LogP contribution in [-0.2, 0) is 0 Å². The van der Waals surface area contributed by atoms with E-state index < -0.39 is 12.2 Å². The molecule has 0 aliphatic rings. The van der Waals surface area contributed by atoms with Crippen LogP contribution in [0.3, 0.4) is 0 Å². The van der Waals surface area contributed by atoms with Gasteiger partial charge in [0, 0.05) is 11.8 Å². The first kappa shape index (κ1) is 12.9. The second-order valence-corrected chi connectivity index (χ2v) is 3.26. The number of nitrogens with zero attached hydrogens (tertiary/aromatic N) is 1. The highest BCUT2D eigenvalue weighted by Crippen LogP contribution is 2.24. The highest BCUT2D eigenvalue weighted by molar-refractivity contribution is 5.82. The van der Waals surface area contributed by atoms with E-state index in [-0.39, 0.29) is 22.6 Å². The lowest BCUT2D eigenvalue weighted by atomic mass is 10.1. The van der Waals surface area contributed by atoms with Gasteiger partial charge in [-0.25, -0.2) is 5.43 Å². The molecule has 0 bridgehead atoms. The number of pyridine rings is 1. The monoisotopic (exact) mass is 239 g/mol. The molecule has 0 amide bonds. The van der Waals surface area contributed by atoms with Crippen LogP contribution in [0.2, 0.25) is 0 Å². The van der Waals surface area contributed by atoms with E-state index in [1.807, 2.05) is 0 Å². The molecule has 1 heterocycles. The summed E-state index contributed by atoms with van der Waals surface area (Å²) in [6.45, 7) is 1.53. The number of aryl methyl sites for hydroxylation is 1. The molecule has 0 aromatic carbocycles. The van der Waals surface area contributed by atoms with Crippen LogP contribution in [0, 0.1) is 12.3 Å². The first-order chi connectivity index (χ1) is 7.97. The zero-order valence-corrected chi connectivity index (χ0v) is 9.06. The Morgan fingerprint density at radius 3 is 2.88 bits per heavy atom. The van der Waals surface area contributed by atoms with Crippen LogP contribution in [0.1, 0.15) is 27.8 Å². The van der Waals surface area contributed by atoms with Gasteiger partial charge >= 0.3 is 0 Å². The topological polar surface area (TPSA) is 144 Å². The summed E-state index contributed by atoms with van der Waals surface area (Å²) in [6, 6.07) is 0. The lowest BCUT2D eigenvalue weighted by molar-refractivity contribution is 0.109. The van der Waals surface area contributed by atoms with Crippen molar-refractivity contribution in [2.75, 3.05) is 0 Å². The summed E-state index contributed by atoms with van der Waals surface area (Å²) in [4.78, 5) is 14.6. The number of carbonyl (C=O) groups is 1. The number of aliphatic hydroxyl groups is 1. The Labute approximate surface area is 97.0 Å². The molecule has 1 unspecified atom stereocenters. The highest BCUT2D eigenvalue weighted by Gasteiger charge is 2.17. The molecule has 0 aliphatic heterocycles. The lowest BCUT2D eigenvalue weighted by Crippen LogP contribution is -2.43. The molecule has 0 spiro atoms. The van der Waals surface area contributed by atoms with Crippen LogP contribution in [0.25, 0.3) is 0 Å². The number of aliphatic hydroxyl groups excluding tert-OH is 1. The molecule has 0 radical (unpaired) electrons. The average molecular weight is 239 g/mol. The molecule has 17 heavy (non-hydrogen) atoms. The molecule has 7 N–H and O–H groups in total. The molecule has 8 nitrogen and oxygen atoms in total. The van der Waals surface area contributed by atoms with Crippen LogP contribution in [0.15, 0.2) is 6.20 Å². The number of aromatic hydroxyl groups is 1. The van der Waals surface area contributed by atoms with E-state index in [1.54, 1.807) is 0 Å². The van der Waals surface area contributed by atoms with Gasteiger partial charge in [0.2, 0.25) is 0 Å². The fraction of sp³-hybridized carbons (Fsp3) is 0.222. The maximum Gasteiger partial charge on any atom is 0.200 e.